The van der Waals surface area contributed by atoms with Gasteiger partial charge in [-0.2, -0.15) is 0 Å². The number of ether oxygens (including phenoxy) is 1. The van der Waals surface area contributed by atoms with Crippen molar-refractivity contribution in [3.63, 3.8) is 0 Å². The molecule has 2 N–H and O–H groups in total. The molecule has 1 heterocycles. The summed E-state index contributed by atoms with van der Waals surface area (Å²) in [5, 5.41) is 12.5. The van der Waals surface area contributed by atoms with Crippen LogP contribution in [-0.2, 0) is 17.9 Å². The standard InChI is InChI=1S/C24H31ClN2O3/c25-23-6-2-1-5-21(23)16-26-24(29)12-9-19-4-3-13-27(17-19)18-20-7-10-22(11-8-20)30-15-14-28/h1-2,5-8,10-11,19,28H,3-4,9,12-18H2,(H,26,29). The number of nitrogens with one attached hydrogen (secondary N) is 1. The Labute approximate surface area is 184 Å². The van der Waals surface area contributed by atoms with Gasteiger partial charge in [-0.1, -0.05) is 41.9 Å². The molecule has 2 aromatic rings. The Balaban J connectivity index is 1.39. The predicted octanol–water partition coefficient (Wildman–Crippen LogP) is 4.02. The van der Waals surface area contributed by atoms with Crippen molar-refractivity contribution >= 4 is 17.5 Å². The number of carbonyl (C=O) groups excluding carboxylic acids is 1. The molecule has 0 aliphatic carbocycles. The van der Waals surface area contributed by atoms with Crippen LogP contribution >= 0.6 is 11.6 Å². The highest BCUT2D eigenvalue weighted by Crippen LogP contribution is 2.23. The number of amides is 1. The number of rotatable bonds is 10. The van der Waals surface area contributed by atoms with Gasteiger partial charge in [0.25, 0.3) is 0 Å². The van der Waals surface area contributed by atoms with E-state index in [4.69, 9.17) is 21.4 Å². The first-order valence-corrected chi connectivity index (χ1v) is 11.1. The van der Waals surface area contributed by atoms with Crippen LogP contribution < -0.4 is 10.1 Å². The number of aliphatic hydroxyl groups is 1. The minimum Gasteiger partial charge on any atom is -0.491 e. The zero-order valence-electron chi connectivity index (χ0n) is 17.4. The summed E-state index contributed by atoms with van der Waals surface area (Å²) in [6, 6.07) is 15.7. The highest BCUT2D eigenvalue weighted by atomic mass is 35.5. The Morgan fingerprint density at radius 2 is 2.00 bits per heavy atom. The molecule has 0 saturated carbocycles. The molecule has 1 amide bonds. The lowest BCUT2D eigenvalue weighted by Gasteiger charge is -2.32. The maximum atomic E-state index is 12.3. The van der Waals surface area contributed by atoms with E-state index in [-0.39, 0.29) is 12.5 Å². The van der Waals surface area contributed by atoms with Crippen molar-refractivity contribution in [3.8, 4) is 5.75 Å². The van der Waals surface area contributed by atoms with Gasteiger partial charge in [-0.05, 0) is 61.1 Å². The maximum Gasteiger partial charge on any atom is 0.220 e. The molecule has 0 spiro atoms. The van der Waals surface area contributed by atoms with E-state index in [1.807, 2.05) is 36.4 Å². The van der Waals surface area contributed by atoms with E-state index in [0.717, 1.165) is 37.4 Å². The molecule has 1 fully saturated rings. The number of aliphatic hydroxyl groups excluding tert-OH is 1. The molecule has 3 rings (SSSR count). The van der Waals surface area contributed by atoms with Crippen LogP contribution in [0.5, 0.6) is 5.75 Å². The van der Waals surface area contributed by atoms with Crippen molar-refractivity contribution in [2.45, 2.75) is 38.8 Å². The lowest BCUT2D eigenvalue weighted by Crippen LogP contribution is -2.35. The number of hydrogen-bond donors (Lipinski definition) is 2. The molecular weight excluding hydrogens is 400 g/mol. The van der Waals surface area contributed by atoms with Gasteiger partial charge in [0.1, 0.15) is 12.4 Å². The normalized spacial score (nSPS) is 16.9. The summed E-state index contributed by atoms with van der Waals surface area (Å²) in [5.74, 6) is 1.43. The molecule has 1 saturated heterocycles. The SMILES string of the molecule is O=C(CCC1CCCN(Cc2ccc(OCCO)cc2)C1)NCc1ccccc1Cl. The van der Waals surface area contributed by atoms with Crippen LogP contribution in [0.25, 0.3) is 0 Å². The Hall–Kier alpha value is -2.08. The van der Waals surface area contributed by atoms with Crippen molar-refractivity contribution in [3.05, 3.63) is 64.7 Å². The van der Waals surface area contributed by atoms with Gasteiger partial charge < -0.3 is 15.2 Å². The van der Waals surface area contributed by atoms with Gasteiger partial charge in [-0.25, -0.2) is 0 Å². The van der Waals surface area contributed by atoms with Gasteiger partial charge in [0.05, 0.1) is 6.61 Å². The van der Waals surface area contributed by atoms with Gasteiger partial charge in [0.2, 0.25) is 5.91 Å². The highest BCUT2D eigenvalue weighted by molar-refractivity contribution is 6.31. The monoisotopic (exact) mass is 430 g/mol. The topological polar surface area (TPSA) is 61.8 Å². The molecule has 6 heteroatoms. The van der Waals surface area contributed by atoms with Crippen LogP contribution in [0.4, 0.5) is 0 Å². The van der Waals surface area contributed by atoms with Gasteiger partial charge >= 0.3 is 0 Å². The third kappa shape index (κ3) is 7.31. The van der Waals surface area contributed by atoms with Crippen molar-refractivity contribution in [2.75, 3.05) is 26.3 Å². The predicted molar refractivity (Wildman–Crippen MR) is 120 cm³/mol. The molecule has 0 aromatic heterocycles. The number of nitrogens with zero attached hydrogens (tertiary/aromatic N) is 1. The zero-order valence-corrected chi connectivity index (χ0v) is 18.1. The first-order valence-electron chi connectivity index (χ1n) is 10.7. The molecule has 1 unspecified atom stereocenters. The van der Waals surface area contributed by atoms with Crippen LogP contribution in [0.3, 0.4) is 0 Å². The molecular formula is C24H31ClN2O3. The van der Waals surface area contributed by atoms with Crippen molar-refractivity contribution in [2.24, 2.45) is 5.92 Å². The summed E-state index contributed by atoms with van der Waals surface area (Å²) in [7, 11) is 0. The summed E-state index contributed by atoms with van der Waals surface area (Å²) < 4.78 is 5.42. The molecule has 5 nitrogen and oxygen atoms in total. The summed E-state index contributed by atoms with van der Waals surface area (Å²) in [4.78, 5) is 14.7. The number of carbonyl (C=O) groups is 1. The fourth-order valence-corrected chi connectivity index (χ4v) is 4.11. The maximum absolute atomic E-state index is 12.3. The van der Waals surface area contributed by atoms with E-state index < -0.39 is 0 Å². The zero-order chi connectivity index (χ0) is 21.2. The Kier molecular flexibility index (Phi) is 9.00. The molecule has 2 aromatic carbocycles. The lowest BCUT2D eigenvalue weighted by atomic mass is 9.93. The minimum absolute atomic E-state index is 0.0228. The smallest absolute Gasteiger partial charge is 0.220 e. The minimum atomic E-state index is 0.0228. The third-order valence-corrected chi connectivity index (χ3v) is 5.87. The van der Waals surface area contributed by atoms with Crippen LogP contribution in [0, 0.1) is 5.92 Å². The van der Waals surface area contributed by atoms with E-state index in [2.05, 4.69) is 22.3 Å². The summed E-state index contributed by atoms with van der Waals surface area (Å²) in [5.41, 5.74) is 2.20. The van der Waals surface area contributed by atoms with Crippen molar-refractivity contribution in [1.82, 2.24) is 10.2 Å². The summed E-state index contributed by atoms with van der Waals surface area (Å²) in [6.45, 7) is 3.86. The second-order valence-corrected chi connectivity index (χ2v) is 8.27. The van der Waals surface area contributed by atoms with Gasteiger partial charge in [0.15, 0.2) is 0 Å². The molecule has 1 aliphatic heterocycles. The second-order valence-electron chi connectivity index (χ2n) is 7.87. The molecule has 30 heavy (non-hydrogen) atoms. The largest absolute Gasteiger partial charge is 0.491 e. The Morgan fingerprint density at radius 1 is 1.20 bits per heavy atom. The highest BCUT2D eigenvalue weighted by Gasteiger charge is 2.20. The van der Waals surface area contributed by atoms with Crippen LogP contribution in [-0.4, -0.2) is 42.2 Å². The molecule has 1 atom stereocenters. The first-order chi connectivity index (χ1) is 14.6. The van der Waals surface area contributed by atoms with E-state index >= 15 is 0 Å². The fraction of sp³-hybridized carbons (Fsp3) is 0.458. The number of likely N-dealkylation sites (tertiary alicyclic amines) is 1. The molecule has 1 aliphatic rings. The second kappa shape index (κ2) is 11.9. The first kappa shape index (κ1) is 22.6. The quantitative estimate of drug-likeness (QED) is 0.597. The molecule has 0 bridgehead atoms. The summed E-state index contributed by atoms with van der Waals surface area (Å²) >= 11 is 6.15. The fourth-order valence-electron chi connectivity index (χ4n) is 3.90. The third-order valence-electron chi connectivity index (χ3n) is 5.51. The van der Waals surface area contributed by atoms with Crippen LogP contribution in [0.2, 0.25) is 5.02 Å². The van der Waals surface area contributed by atoms with Crippen LogP contribution in [0.1, 0.15) is 36.8 Å². The molecule has 162 valence electrons. The molecule has 0 radical (unpaired) electrons. The number of hydrogen-bond acceptors (Lipinski definition) is 4. The lowest BCUT2D eigenvalue weighted by molar-refractivity contribution is -0.121. The van der Waals surface area contributed by atoms with Gasteiger partial charge in [0, 0.05) is 31.1 Å². The van der Waals surface area contributed by atoms with Crippen LogP contribution in [0.15, 0.2) is 48.5 Å². The van der Waals surface area contributed by atoms with E-state index in [9.17, 15) is 4.79 Å². The van der Waals surface area contributed by atoms with E-state index in [1.165, 1.54) is 18.4 Å². The van der Waals surface area contributed by atoms with Crippen molar-refractivity contribution in [1.29, 1.82) is 0 Å². The Morgan fingerprint density at radius 3 is 2.77 bits per heavy atom. The Bertz CT molecular complexity index is 797. The van der Waals surface area contributed by atoms with Crippen molar-refractivity contribution < 1.29 is 14.6 Å². The number of piperidine rings is 1. The summed E-state index contributed by atoms with van der Waals surface area (Å²) in [6.07, 6.45) is 3.82. The average Bonchev–Trinajstić information content (AvgIpc) is 2.77. The average molecular weight is 431 g/mol. The van der Waals surface area contributed by atoms with E-state index in [1.54, 1.807) is 0 Å². The number of benzene rings is 2. The van der Waals surface area contributed by atoms with E-state index in [0.29, 0.717) is 30.5 Å². The van der Waals surface area contributed by atoms with Gasteiger partial charge in [-0.3, -0.25) is 9.69 Å². The number of halogens is 1. The van der Waals surface area contributed by atoms with Gasteiger partial charge in [-0.15, -0.1) is 0 Å².